The molecule has 4 heteroatoms. The minimum absolute atomic E-state index is 0.0848. The molecule has 0 bridgehead atoms. The highest BCUT2D eigenvalue weighted by Gasteiger charge is 2.20. The monoisotopic (exact) mass is 303 g/mol. The quantitative estimate of drug-likeness (QED) is 0.790. The van der Waals surface area contributed by atoms with E-state index in [1.807, 2.05) is 18.2 Å². The number of halogens is 2. The summed E-state index contributed by atoms with van der Waals surface area (Å²) < 4.78 is 13.2. The van der Waals surface area contributed by atoms with Gasteiger partial charge in [-0.1, -0.05) is 17.7 Å². The Morgan fingerprint density at radius 1 is 1.29 bits per heavy atom. The Morgan fingerprint density at radius 2 is 2.10 bits per heavy atom. The van der Waals surface area contributed by atoms with Crippen molar-refractivity contribution in [2.75, 3.05) is 11.4 Å². The number of hydrogen-bond donors (Lipinski definition) is 0. The molecule has 2 nitrogen and oxygen atoms in total. The van der Waals surface area contributed by atoms with E-state index in [4.69, 9.17) is 11.6 Å². The number of carbonyl (C=O) groups excluding carboxylic acids is 1. The summed E-state index contributed by atoms with van der Waals surface area (Å²) in [7, 11) is 0. The van der Waals surface area contributed by atoms with Gasteiger partial charge in [-0.3, -0.25) is 4.79 Å². The van der Waals surface area contributed by atoms with E-state index in [0.717, 1.165) is 29.8 Å². The lowest BCUT2D eigenvalue weighted by molar-refractivity contribution is 0.101. The average molecular weight is 304 g/mol. The molecule has 108 valence electrons. The van der Waals surface area contributed by atoms with E-state index in [9.17, 15) is 9.18 Å². The first-order valence-electron chi connectivity index (χ1n) is 6.87. The third kappa shape index (κ3) is 2.79. The molecule has 21 heavy (non-hydrogen) atoms. The van der Waals surface area contributed by atoms with Crippen molar-refractivity contribution in [2.45, 2.75) is 19.9 Å². The van der Waals surface area contributed by atoms with Crippen LogP contribution < -0.4 is 4.90 Å². The van der Waals surface area contributed by atoms with Gasteiger partial charge in [0.25, 0.3) is 0 Å². The van der Waals surface area contributed by atoms with Crippen molar-refractivity contribution >= 4 is 23.1 Å². The highest BCUT2D eigenvalue weighted by Crippen LogP contribution is 2.30. The van der Waals surface area contributed by atoms with Crippen molar-refractivity contribution in [1.82, 2.24) is 0 Å². The van der Waals surface area contributed by atoms with Crippen molar-refractivity contribution in [3.8, 4) is 0 Å². The fourth-order valence-electron chi connectivity index (χ4n) is 2.71. The van der Waals surface area contributed by atoms with Gasteiger partial charge in [-0.2, -0.15) is 0 Å². The first-order chi connectivity index (χ1) is 10.0. The number of carbonyl (C=O) groups is 1. The van der Waals surface area contributed by atoms with Crippen LogP contribution in [0.3, 0.4) is 0 Å². The van der Waals surface area contributed by atoms with Gasteiger partial charge in [-0.15, -0.1) is 0 Å². The van der Waals surface area contributed by atoms with Crippen LogP contribution in [0.25, 0.3) is 0 Å². The second-order valence-corrected chi connectivity index (χ2v) is 5.73. The summed E-state index contributed by atoms with van der Waals surface area (Å²) in [4.78, 5) is 13.6. The smallest absolute Gasteiger partial charge is 0.159 e. The molecule has 0 saturated heterocycles. The predicted octanol–water partition coefficient (Wildman–Crippen LogP) is 4.24. The van der Waals surface area contributed by atoms with Crippen LogP contribution in [0.4, 0.5) is 10.1 Å². The van der Waals surface area contributed by atoms with Crippen LogP contribution in [-0.2, 0) is 13.0 Å². The van der Waals surface area contributed by atoms with E-state index in [1.165, 1.54) is 11.6 Å². The summed E-state index contributed by atoms with van der Waals surface area (Å²) in [5, 5.41) is 0.152. The largest absolute Gasteiger partial charge is 0.367 e. The molecule has 0 N–H and O–H groups in total. The number of nitrogens with zero attached hydrogens (tertiary/aromatic N) is 1. The van der Waals surface area contributed by atoms with Gasteiger partial charge in [-0.05, 0) is 54.8 Å². The van der Waals surface area contributed by atoms with E-state index < -0.39 is 5.82 Å². The van der Waals surface area contributed by atoms with Crippen molar-refractivity contribution in [3.63, 3.8) is 0 Å². The van der Waals surface area contributed by atoms with Crippen molar-refractivity contribution in [2.24, 2.45) is 0 Å². The first-order valence-corrected chi connectivity index (χ1v) is 7.25. The topological polar surface area (TPSA) is 20.3 Å². The molecule has 1 aliphatic rings. The summed E-state index contributed by atoms with van der Waals surface area (Å²) in [5.41, 5.74) is 4.06. The Bertz CT molecular complexity index is 714. The number of hydrogen-bond acceptors (Lipinski definition) is 2. The molecule has 0 fully saturated rings. The van der Waals surface area contributed by atoms with E-state index in [1.54, 1.807) is 19.1 Å². The van der Waals surface area contributed by atoms with Crippen LogP contribution in [0.5, 0.6) is 0 Å². The van der Waals surface area contributed by atoms with Crippen LogP contribution in [0.2, 0.25) is 5.02 Å². The number of rotatable bonds is 3. The highest BCUT2D eigenvalue weighted by molar-refractivity contribution is 6.30. The van der Waals surface area contributed by atoms with Crippen molar-refractivity contribution in [1.29, 1.82) is 0 Å². The standard InChI is InChI=1S/C17H15ClFNO/c1-11(21)13-3-5-17-14(9-13)6-7-20(17)10-12-2-4-16(19)15(18)8-12/h2-5,8-9H,6-7,10H2,1H3. The lowest BCUT2D eigenvalue weighted by atomic mass is 10.1. The third-order valence-electron chi connectivity index (χ3n) is 3.84. The molecule has 0 unspecified atom stereocenters. The van der Waals surface area contributed by atoms with E-state index >= 15 is 0 Å². The SMILES string of the molecule is CC(=O)c1ccc2c(c1)CCN2Cc1ccc(F)c(Cl)c1. The lowest BCUT2D eigenvalue weighted by Crippen LogP contribution is -2.19. The number of benzene rings is 2. The number of anilines is 1. The summed E-state index contributed by atoms with van der Waals surface area (Å²) in [5.74, 6) is -0.310. The average Bonchev–Trinajstić information content (AvgIpc) is 2.85. The van der Waals surface area contributed by atoms with Gasteiger partial charge in [-0.25, -0.2) is 4.39 Å². The summed E-state index contributed by atoms with van der Waals surface area (Å²) in [6, 6.07) is 10.6. The Balaban J connectivity index is 1.84. The Hall–Kier alpha value is -1.87. The maximum Gasteiger partial charge on any atom is 0.159 e. The number of Topliss-reactive ketones (excluding diaryl/α,β-unsaturated/α-hetero) is 1. The van der Waals surface area contributed by atoms with Gasteiger partial charge in [0.2, 0.25) is 0 Å². The fourth-order valence-corrected chi connectivity index (χ4v) is 2.91. The molecule has 0 amide bonds. The minimum atomic E-state index is -0.395. The van der Waals surface area contributed by atoms with Crippen LogP contribution in [0.15, 0.2) is 36.4 Å². The number of ketones is 1. The summed E-state index contributed by atoms with van der Waals surface area (Å²) in [6.07, 6.45) is 0.922. The van der Waals surface area contributed by atoms with E-state index in [2.05, 4.69) is 4.90 Å². The first kappa shape index (κ1) is 14.1. The molecule has 0 spiro atoms. The molecule has 1 heterocycles. The van der Waals surface area contributed by atoms with Crippen LogP contribution in [0.1, 0.15) is 28.4 Å². The van der Waals surface area contributed by atoms with Crippen LogP contribution in [-0.4, -0.2) is 12.3 Å². The van der Waals surface area contributed by atoms with Crippen LogP contribution >= 0.6 is 11.6 Å². The van der Waals surface area contributed by atoms with Gasteiger partial charge >= 0.3 is 0 Å². The van der Waals surface area contributed by atoms with Gasteiger partial charge in [0.05, 0.1) is 5.02 Å². The zero-order chi connectivity index (χ0) is 15.0. The third-order valence-corrected chi connectivity index (χ3v) is 4.12. The predicted molar refractivity (Wildman–Crippen MR) is 82.6 cm³/mol. The molecule has 0 aliphatic carbocycles. The minimum Gasteiger partial charge on any atom is -0.367 e. The molecule has 2 aromatic carbocycles. The summed E-state index contributed by atoms with van der Waals surface area (Å²) >= 11 is 5.82. The molecule has 0 atom stereocenters. The van der Waals surface area contributed by atoms with E-state index in [0.29, 0.717) is 6.54 Å². The molecular formula is C17H15ClFNO. The second-order valence-electron chi connectivity index (χ2n) is 5.32. The Kier molecular flexibility index (Phi) is 3.68. The maximum absolute atomic E-state index is 13.2. The zero-order valence-corrected chi connectivity index (χ0v) is 12.5. The molecular weight excluding hydrogens is 289 g/mol. The van der Waals surface area contributed by atoms with Gasteiger partial charge < -0.3 is 4.90 Å². The van der Waals surface area contributed by atoms with Gasteiger partial charge in [0.1, 0.15) is 5.82 Å². The molecule has 3 rings (SSSR count). The lowest BCUT2D eigenvalue weighted by Gasteiger charge is -2.19. The van der Waals surface area contributed by atoms with Crippen molar-refractivity contribution < 1.29 is 9.18 Å². The van der Waals surface area contributed by atoms with Crippen LogP contribution in [0, 0.1) is 5.82 Å². The van der Waals surface area contributed by atoms with Crippen molar-refractivity contribution in [3.05, 3.63) is 63.9 Å². The zero-order valence-electron chi connectivity index (χ0n) is 11.7. The summed E-state index contributed by atoms with van der Waals surface area (Å²) in [6.45, 7) is 3.16. The molecule has 0 saturated carbocycles. The second kappa shape index (κ2) is 5.49. The Morgan fingerprint density at radius 3 is 2.81 bits per heavy atom. The molecule has 0 aromatic heterocycles. The van der Waals surface area contributed by atoms with E-state index in [-0.39, 0.29) is 10.8 Å². The Labute approximate surface area is 128 Å². The van der Waals surface area contributed by atoms with Gasteiger partial charge in [0, 0.05) is 24.3 Å². The highest BCUT2D eigenvalue weighted by atomic mass is 35.5. The molecule has 1 aliphatic heterocycles. The fraction of sp³-hybridized carbons (Fsp3) is 0.235. The van der Waals surface area contributed by atoms with Gasteiger partial charge in [0.15, 0.2) is 5.78 Å². The normalized spacial score (nSPS) is 13.4. The molecule has 0 radical (unpaired) electrons. The maximum atomic E-state index is 13.2. The molecule has 2 aromatic rings. The number of fused-ring (bicyclic) bond motifs is 1.